The Kier molecular flexibility index (Phi) is 12.3. The highest BCUT2D eigenvalue weighted by molar-refractivity contribution is 4.70. The summed E-state index contributed by atoms with van der Waals surface area (Å²) in [6, 6.07) is 0. The van der Waals surface area contributed by atoms with Crippen molar-refractivity contribution >= 4 is 0 Å². The fourth-order valence-electron chi connectivity index (χ4n) is 2.01. The first kappa shape index (κ1) is 17.9. The predicted octanol–water partition coefficient (Wildman–Crippen LogP) is 1.46. The summed E-state index contributed by atoms with van der Waals surface area (Å²) in [4.78, 5) is 0. The van der Waals surface area contributed by atoms with Crippen molar-refractivity contribution in [3.63, 3.8) is 0 Å². The van der Waals surface area contributed by atoms with Gasteiger partial charge in [0.1, 0.15) is 0 Å². The van der Waals surface area contributed by atoms with E-state index in [0.717, 1.165) is 32.7 Å². The Morgan fingerprint density at radius 2 is 1.45 bits per heavy atom. The van der Waals surface area contributed by atoms with Crippen molar-refractivity contribution in [1.29, 1.82) is 0 Å². The van der Waals surface area contributed by atoms with Crippen LogP contribution in [0.4, 0.5) is 0 Å². The smallest absolute Gasteiger partial charge is 0.0701 e. The van der Waals surface area contributed by atoms with Gasteiger partial charge in [0.05, 0.1) is 46.2 Å². The lowest BCUT2D eigenvalue weighted by Gasteiger charge is -2.10. The Morgan fingerprint density at radius 3 is 2.00 bits per heavy atom. The number of unbranched alkanes of at least 4 members (excludes halogenated alkanes) is 1. The molecule has 0 spiro atoms. The van der Waals surface area contributed by atoms with E-state index in [9.17, 15) is 0 Å². The summed E-state index contributed by atoms with van der Waals surface area (Å²) >= 11 is 0. The van der Waals surface area contributed by atoms with Crippen molar-refractivity contribution in [2.45, 2.75) is 26.2 Å². The molecule has 1 N–H and O–H groups in total. The molecular weight excluding hydrogens is 258 g/mol. The maximum Gasteiger partial charge on any atom is 0.0701 e. The standard InChI is InChI=1S/C15H31NO4/c1-2-3-6-17-7-8-18-9-10-19-11-12-20-14-15-4-5-16-13-15/h15-16H,2-14H2,1H3. The first-order chi connectivity index (χ1) is 9.93. The Morgan fingerprint density at radius 1 is 0.850 bits per heavy atom. The van der Waals surface area contributed by atoms with Crippen LogP contribution in [0.25, 0.3) is 0 Å². The van der Waals surface area contributed by atoms with E-state index in [-0.39, 0.29) is 0 Å². The molecule has 5 nitrogen and oxygen atoms in total. The molecule has 0 aliphatic carbocycles. The molecule has 0 radical (unpaired) electrons. The van der Waals surface area contributed by atoms with Crippen LogP contribution in [0.15, 0.2) is 0 Å². The van der Waals surface area contributed by atoms with Crippen LogP contribution in [-0.4, -0.2) is 65.9 Å². The maximum absolute atomic E-state index is 5.57. The first-order valence-electron chi connectivity index (χ1n) is 7.95. The molecule has 0 amide bonds. The molecule has 1 heterocycles. The largest absolute Gasteiger partial charge is 0.379 e. The van der Waals surface area contributed by atoms with E-state index in [0.29, 0.717) is 45.6 Å². The van der Waals surface area contributed by atoms with Gasteiger partial charge in [-0.3, -0.25) is 0 Å². The lowest BCUT2D eigenvalue weighted by atomic mass is 10.1. The van der Waals surface area contributed by atoms with Crippen molar-refractivity contribution in [2.75, 3.05) is 65.9 Å². The summed E-state index contributed by atoms with van der Waals surface area (Å²) in [5.41, 5.74) is 0. The summed E-state index contributed by atoms with van der Waals surface area (Å²) in [5.74, 6) is 0.686. The van der Waals surface area contributed by atoms with Crippen molar-refractivity contribution in [2.24, 2.45) is 5.92 Å². The van der Waals surface area contributed by atoms with Crippen molar-refractivity contribution in [1.82, 2.24) is 5.32 Å². The fraction of sp³-hybridized carbons (Fsp3) is 1.00. The van der Waals surface area contributed by atoms with Crippen LogP contribution < -0.4 is 5.32 Å². The number of rotatable bonds is 14. The number of ether oxygens (including phenoxy) is 4. The molecule has 20 heavy (non-hydrogen) atoms. The van der Waals surface area contributed by atoms with Crippen LogP contribution in [0.2, 0.25) is 0 Å². The molecule has 1 unspecified atom stereocenters. The van der Waals surface area contributed by atoms with Gasteiger partial charge in [-0.05, 0) is 25.3 Å². The maximum atomic E-state index is 5.57. The zero-order chi connectivity index (χ0) is 14.3. The molecule has 1 aliphatic heterocycles. The number of hydrogen-bond donors (Lipinski definition) is 1. The van der Waals surface area contributed by atoms with Gasteiger partial charge >= 0.3 is 0 Å². The van der Waals surface area contributed by atoms with Crippen LogP contribution in [0.3, 0.4) is 0 Å². The Balaban J connectivity index is 1.66. The van der Waals surface area contributed by atoms with Crippen molar-refractivity contribution in [3.05, 3.63) is 0 Å². The third kappa shape index (κ3) is 10.6. The highest BCUT2D eigenvalue weighted by Crippen LogP contribution is 2.06. The van der Waals surface area contributed by atoms with E-state index in [1.807, 2.05) is 0 Å². The molecule has 0 aromatic heterocycles. The first-order valence-corrected chi connectivity index (χ1v) is 7.95. The van der Waals surface area contributed by atoms with Crippen LogP contribution in [0, 0.1) is 5.92 Å². The summed E-state index contributed by atoms with van der Waals surface area (Å²) in [7, 11) is 0. The van der Waals surface area contributed by atoms with Gasteiger partial charge in [-0.15, -0.1) is 0 Å². The minimum absolute atomic E-state index is 0.628. The third-order valence-electron chi connectivity index (χ3n) is 3.27. The number of hydrogen-bond acceptors (Lipinski definition) is 5. The Bertz CT molecular complexity index is 198. The predicted molar refractivity (Wildman–Crippen MR) is 79.2 cm³/mol. The van der Waals surface area contributed by atoms with Crippen LogP contribution >= 0.6 is 0 Å². The van der Waals surface area contributed by atoms with Gasteiger partial charge in [0.2, 0.25) is 0 Å². The number of nitrogens with one attached hydrogen (secondary N) is 1. The molecule has 0 aromatic carbocycles. The average molecular weight is 289 g/mol. The van der Waals surface area contributed by atoms with Gasteiger partial charge in [-0.1, -0.05) is 13.3 Å². The Labute approximate surface area is 123 Å². The second-order valence-corrected chi connectivity index (χ2v) is 5.12. The van der Waals surface area contributed by atoms with E-state index in [2.05, 4.69) is 12.2 Å². The topological polar surface area (TPSA) is 49.0 Å². The molecule has 5 heteroatoms. The third-order valence-corrected chi connectivity index (χ3v) is 3.27. The van der Waals surface area contributed by atoms with Crippen molar-refractivity contribution < 1.29 is 18.9 Å². The lowest BCUT2D eigenvalue weighted by Crippen LogP contribution is -2.16. The van der Waals surface area contributed by atoms with E-state index in [1.165, 1.54) is 12.8 Å². The van der Waals surface area contributed by atoms with Gasteiger partial charge in [-0.25, -0.2) is 0 Å². The minimum Gasteiger partial charge on any atom is -0.379 e. The molecular formula is C15H31NO4. The molecule has 0 saturated carbocycles. The lowest BCUT2D eigenvalue weighted by molar-refractivity contribution is -0.00535. The monoisotopic (exact) mass is 289 g/mol. The molecule has 1 rings (SSSR count). The molecule has 120 valence electrons. The summed E-state index contributed by atoms with van der Waals surface area (Å²) in [5, 5.41) is 3.33. The summed E-state index contributed by atoms with van der Waals surface area (Å²) < 4.78 is 21.8. The van der Waals surface area contributed by atoms with E-state index in [1.54, 1.807) is 0 Å². The molecule has 1 saturated heterocycles. The minimum atomic E-state index is 0.628. The molecule has 0 bridgehead atoms. The van der Waals surface area contributed by atoms with Gasteiger partial charge in [0.25, 0.3) is 0 Å². The van der Waals surface area contributed by atoms with E-state index >= 15 is 0 Å². The van der Waals surface area contributed by atoms with Crippen molar-refractivity contribution in [3.8, 4) is 0 Å². The van der Waals surface area contributed by atoms with Gasteiger partial charge in [-0.2, -0.15) is 0 Å². The molecule has 1 fully saturated rings. The SMILES string of the molecule is CCCCOCCOCCOCCOCC1CCNC1. The fourth-order valence-corrected chi connectivity index (χ4v) is 2.01. The van der Waals surface area contributed by atoms with E-state index in [4.69, 9.17) is 18.9 Å². The van der Waals surface area contributed by atoms with Gasteiger partial charge in [0.15, 0.2) is 0 Å². The zero-order valence-electron chi connectivity index (χ0n) is 12.9. The second kappa shape index (κ2) is 13.8. The normalized spacial score (nSPS) is 18.8. The Hall–Kier alpha value is -0.200. The van der Waals surface area contributed by atoms with Gasteiger partial charge in [0, 0.05) is 13.2 Å². The van der Waals surface area contributed by atoms with E-state index < -0.39 is 0 Å². The average Bonchev–Trinajstić information content (AvgIpc) is 2.97. The quantitative estimate of drug-likeness (QED) is 0.491. The summed E-state index contributed by atoms with van der Waals surface area (Å²) in [6.07, 6.45) is 3.53. The highest BCUT2D eigenvalue weighted by atomic mass is 16.6. The zero-order valence-corrected chi connectivity index (χ0v) is 12.9. The second-order valence-electron chi connectivity index (χ2n) is 5.12. The van der Waals surface area contributed by atoms with Crippen LogP contribution in [0.5, 0.6) is 0 Å². The van der Waals surface area contributed by atoms with Crippen LogP contribution in [0.1, 0.15) is 26.2 Å². The van der Waals surface area contributed by atoms with Gasteiger partial charge < -0.3 is 24.3 Å². The van der Waals surface area contributed by atoms with Crippen LogP contribution in [-0.2, 0) is 18.9 Å². The molecule has 1 atom stereocenters. The highest BCUT2D eigenvalue weighted by Gasteiger charge is 2.13. The summed E-state index contributed by atoms with van der Waals surface area (Å²) in [6.45, 7) is 9.98. The molecule has 0 aromatic rings. The molecule has 1 aliphatic rings.